The first kappa shape index (κ1) is 14.7. The average Bonchev–Trinajstić information content (AvgIpc) is 3.04. The SMILES string of the molecule is CCCn1c(CN2CCCC2)nc2sc(C)c(C)c2c1=O. The predicted octanol–water partition coefficient (Wildman–Crippen LogP) is 3.08. The van der Waals surface area contributed by atoms with Crippen LogP contribution in [0.3, 0.4) is 0 Å². The van der Waals surface area contributed by atoms with Gasteiger partial charge in [-0.2, -0.15) is 0 Å². The van der Waals surface area contributed by atoms with E-state index in [4.69, 9.17) is 4.98 Å². The number of likely N-dealkylation sites (tertiary alicyclic amines) is 1. The van der Waals surface area contributed by atoms with Gasteiger partial charge in [0.2, 0.25) is 0 Å². The molecule has 0 spiro atoms. The zero-order valence-corrected chi connectivity index (χ0v) is 13.9. The lowest BCUT2D eigenvalue weighted by atomic mass is 10.2. The summed E-state index contributed by atoms with van der Waals surface area (Å²) in [5.41, 5.74) is 1.25. The Labute approximate surface area is 129 Å². The molecule has 0 bridgehead atoms. The summed E-state index contributed by atoms with van der Waals surface area (Å²) in [5.74, 6) is 0.942. The van der Waals surface area contributed by atoms with Crippen LogP contribution < -0.4 is 5.56 Å². The van der Waals surface area contributed by atoms with Gasteiger partial charge >= 0.3 is 0 Å². The van der Waals surface area contributed by atoms with Gasteiger partial charge in [-0.05, 0) is 51.8 Å². The summed E-state index contributed by atoms with van der Waals surface area (Å²) in [7, 11) is 0. The molecule has 0 unspecified atom stereocenters. The summed E-state index contributed by atoms with van der Waals surface area (Å²) in [6.45, 7) is 10.0. The topological polar surface area (TPSA) is 38.1 Å². The largest absolute Gasteiger partial charge is 0.296 e. The number of hydrogen-bond acceptors (Lipinski definition) is 4. The molecule has 0 saturated carbocycles. The molecule has 2 aromatic rings. The molecule has 5 heteroatoms. The molecule has 0 aromatic carbocycles. The van der Waals surface area contributed by atoms with Crippen molar-refractivity contribution in [2.75, 3.05) is 13.1 Å². The molecule has 1 aliphatic rings. The van der Waals surface area contributed by atoms with Gasteiger partial charge in [0.15, 0.2) is 0 Å². The Bertz CT molecular complexity index is 710. The van der Waals surface area contributed by atoms with Crippen LogP contribution in [0.4, 0.5) is 0 Å². The van der Waals surface area contributed by atoms with Gasteiger partial charge < -0.3 is 0 Å². The van der Waals surface area contributed by atoms with Crippen LogP contribution in [0.25, 0.3) is 10.2 Å². The van der Waals surface area contributed by atoms with Gasteiger partial charge in [-0.25, -0.2) is 4.98 Å². The first-order valence-corrected chi connectivity index (χ1v) is 8.65. The average molecular weight is 305 g/mol. The van der Waals surface area contributed by atoms with Crippen molar-refractivity contribution in [3.05, 3.63) is 26.6 Å². The van der Waals surface area contributed by atoms with Crippen molar-refractivity contribution in [2.24, 2.45) is 0 Å². The minimum Gasteiger partial charge on any atom is -0.296 e. The molecule has 0 atom stereocenters. The quantitative estimate of drug-likeness (QED) is 0.871. The van der Waals surface area contributed by atoms with Crippen molar-refractivity contribution >= 4 is 21.6 Å². The molecule has 3 rings (SSSR count). The Balaban J connectivity index is 2.12. The van der Waals surface area contributed by atoms with Crippen molar-refractivity contribution < 1.29 is 0 Å². The van der Waals surface area contributed by atoms with Gasteiger partial charge in [-0.3, -0.25) is 14.3 Å². The molecule has 1 fully saturated rings. The standard InChI is InChI=1S/C16H23N3OS/c1-4-7-19-13(10-18-8-5-6-9-18)17-15-14(16(19)20)11(2)12(3)21-15/h4-10H2,1-3H3. The van der Waals surface area contributed by atoms with Gasteiger partial charge in [0, 0.05) is 11.4 Å². The van der Waals surface area contributed by atoms with E-state index in [9.17, 15) is 4.79 Å². The van der Waals surface area contributed by atoms with Crippen molar-refractivity contribution in [3.63, 3.8) is 0 Å². The highest BCUT2D eigenvalue weighted by Gasteiger charge is 2.19. The minimum absolute atomic E-state index is 0.151. The van der Waals surface area contributed by atoms with Gasteiger partial charge in [0.05, 0.1) is 11.9 Å². The lowest BCUT2D eigenvalue weighted by Gasteiger charge is -2.18. The zero-order valence-electron chi connectivity index (χ0n) is 13.1. The number of rotatable bonds is 4. The van der Waals surface area contributed by atoms with Crippen LogP contribution in [0.1, 0.15) is 42.5 Å². The van der Waals surface area contributed by atoms with Crippen LogP contribution in [0, 0.1) is 13.8 Å². The summed E-state index contributed by atoms with van der Waals surface area (Å²) in [6, 6.07) is 0. The first-order chi connectivity index (χ1) is 10.1. The zero-order chi connectivity index (χ0) is 15.0. The van der Waals surface area contributed by atoms with Crippen molar-refractivity contribution in [2.45, 2.75) is 53.1 Å². The third-order valence-corrected chi connectivity index (χ3v) is 5.48. The maximum Gasteiger partial charge on any atom is 0.262 e. The van der Waals surface area contributed by atoms with Gasteiger partial charge in [0.25, 0.3) is 5.56 Å². The molecule has 21 heavy (non-hydrogen) atoms. The molecule has 0 radical (unpaired) electrons. The Morgan fingerprint density at radius 2 is 1.95 bits per heavy atom. The lowest BCUT2D eigenvalue weighted by molar-refractivity contribution is 0.313. The monoisotopic (exact) mass is 305 g/mol. The van der Waals surface area contributed by atoms with Crippen molar-refractivity contribution in [1.82, 2.24) is 14.5 Å². The summed E-state index contributed by atoms with van der Waals surface area (Å²) >= 11 is 1.65. The number of nitrogens with zero attached hydrogens (tertiary/aromatic N) is 3. The highest BCUT2D eigenvalue weighted by molar-refractivity contribution is 7.18. The lowest BCUT2D eigenvalue weighted by Crippen LogP contribution is -2.29. The van der Waals surface area contributed by atoms with E-state index in [2.05, 4.69) is 18.7 Å². The van der Waals surface area contributed by atoms with Crippen molar-refractivity contribution in [3.8, 4) is 0 Å². The fourth-order valence-corrected chi connectivity index (χ4v) is 4.12. The highest BCUT2D eigenvalue weighted by atomic mass is 32.1. The smallest absolute Gasteiger partial charge is 0.262 e. The van der Waals surface area contributed by atoms with E-state index < -0.39 is 0 Å². The molecule has 0 amide bonds. The second-order valence-corrected chi connectivity index (χ2v) is 7.13. The Morgan fingerprint density at radius 1 is 1.24 bits per heavy atom. The molecule has 1 aliphatic heterocycles. The van der Waals surface area contributed by atoms with Crippen LogP contribution >= 0.6 is 11.3 Å². The van der Waals surface area contributed by atoms with Crippen LogP contribution in [-0.4, -0.2) is 27.5 Å². The molecule has 0 aliphatic carbocycles. The van der Waals surface area contributed by atoms with Gasteiger partial charge in [-0.1, -0.05) is 6.92 Å². The second-order valence-electron chi connectivity index (χ2n) is 5.93. The highest BCUT2D eigenvalue weighted by Crippen LogP contribution is 2.26. The molecule has 114 valence electrons. The second kappa shape index (κ2) is 5.89. The summed E-state index contributed by atoms with van der Waals surface area (Å²) in [5, 5.41) is 0.830. The Hall–Kier alpha value is -1.20. The fourth-order valence-electron chi connectivity index (χ4n) is 3.09. The summed E-state index contributed by atoms with van der Waals surface area (Å²) < 4.78 is 1.90. The maximum absolute atomic E-state index is 12.9. The molecule has 0 N–H and O–H groups in total. The normalized spacial score (nSPS) is 16.1. The number of aromatic nitrogens is 2. The van der Waals surface area contributed by atoms with E-state index in [1.54, 1.807) is 11.3 Å². The van der Waals surface area contributed by atoms with E-state index in [1.165, 1.54) is 17.7 Å². The number of fused-ring (bicyclic) bond motifs is 1. The Kier molecular flexibility index (Phi) is 4.13. The molecular weight excluding hydrogens is 282 g/mol. The third kappa shape index (κ3) is 2.64. The van der Waals surface area contributed by atoms with E-state index in [-0.39, 0.29) is 5.56 Å². The summed E-state index contributed by atoms with van der Waals surface area (Å²) in [6.07, 6.45) is 3.48. The fraction of sp³-hybridized carbons (Fsp3) is 0.625. The number of thiophene rings is 1. The molecule has 3 heterocycles. The first-order valence-electron chi connectivity index (χ1n) is 7.83. The van der Waals surface area contributed by atoms with E-state index in [0.29, 0.717) is 0 Å². The molecule has 1 saturated heterocycles. The predicted molar refractivity (Wildman–Crippen MR) is 88.2 cm³/mol. The number of aryl methyl sites for hydroxylation is 2. The Morgan fingerprint density at radius 3 is 2.62 bits per heavy atom. The van der Waals surface area contributed by atoms with E-state index in [1.807, 2.05) is 11.5 Å². The molecule has 2 aromatic heterocycles. The third-order valence-electron chi connectivity index (χ3n) is 4.38. The van der Waals surface area contributed by atoms with Gasteiger partial charge in [0.1, 0.15) is 10.7 Å². The van der Waals surface area contributed by atoms with Crippen LogP contribution in [0.5, 0.6) is 0 Å². The van der Waals surface area contributed by atoms with E-state index >= 15 is 0 Å². The number of hydrogen-bond donors (Lipinski definition) is 0. The van der Waals surface area contributed by atoms with Crippen LogP contribution in [0.2, 0.25) is 0 Å². The van der Waals surface area contributed by atoms with Crippen LogP contribution in [-0.2, 0) is 13.1 Å². The van der Waals surface area contributed by atoms with E-state index in [0.717, 1.165) is 54.2 Å². The maximum atomic E-state index is 12.9. The van der Waals surface area contributed by atoms with Crippen molar-refractivity contribution in [1.29, 1.82) is 0 Å². The van der Waals surface area contributed by atoms with Gasteiger partial charge in [-0.15, -0.1) is 11.3 Å². The molecule has 4 nitrogen and oxygen atoms in total. The summed E-state index contributed by atoms with van der Waals surface area (Å²) in [4.78, 5) is 22.2. The van der Waals surface area contributed by atoms with Crippen LogP contribution in [0.15, 0.2) is 4.79 Å². The minimum atomic E-state index is 0.151. The molecular formula is C16H23N3OS.